The average molecular weight is 189 g/mol. The van der Waals surface area contributed by atoms with Crippen molar-refractivity contribution in [2.45, 2.75) is 25.8 Å². The Morgan fingerprint density at radius 2 is 1.85 bits per heavy atom. The third-order valence-corrected chi connectivity index (χ3v) is 0.962. The number of hydrogen-bond donors (Lipinski definition) is 1. The molecule has 0 aromatic carbocycles. The van der Waals surface area contributed by atoms with Gasteiger partial charge in [0.05, 0.1) is 5.97 Å². The van der Waals surface area contributed by atoms with Gasteiger partial charge in [0.2, 0.25) is 0 Å². The molecule has 0 bridgehead atoms. The quantitative estimate of drug-likeness (QED) is 0.464. The van der Waals surface area contributed by atoms with E-state index in [-0.39, 0.29) is 12.8 Å². The van der Waals surface area contributed by atoms with Gasteiger partial charge < -0.3 is 30.3 Å². The Labute approximate surface area is 75.3 Å². The van der Waals surface area contributed by atoms with Crippen LogP contribution in [-0.2, 0) is 14.4 Å². The van der Waals surface area contributed by atoms with Gasteiger partial charge in [-0.2, -0.15) is 0 Å². The van der Waals surface area contributed by atoms with E-state index in [1.54, 1.807) is 0 Å². The van der Waals surface area contributed by atoms with E-state index in [2.05, 4.69) is 0 Å². The molecule has 76 valence electrons. The summed E-state index contributed by atoms with van der Waals surface area (Å²) in [5.41, 5.74) is 4.91. The first-order valence-corrected chi connectivity index (χ1v) is 3.51. The Bertz CT molecular complexity index is 180. The highest BCUT2D eigenvalue weighted by Crippen LogP contribution is 1.90. The van der Waals surface area contributed by atoms with Crippen LogP contribution in [0.15, 0.2) is 0 Å². The molecular weight excluding hydrogens is 178 g/mol. The summed E-state index contributed by atoms with van der Waals surface area (Å²) in [5.74, 6) is -2.75. The lowest BCUT2D eigenvalue weighted by Crippen LogP contribution is -2.42. The SMILES string of the molecule is CC=O.NC(CCC(=O)[O-])C(=O)[O-]. The van der Waals surface area contributed by atoms with Gasteiger partial charge >= 0.3 is 0 Å². The van der Waals surface area contributed by atoms with Gasteiger partial charge in [-0.15, -0.1) is 0 Å². The second-order valence-corrected chi connectivity index (χ2v) is 2.07. The average Bonchev–Trinajstić information content (AvgIpc) is 2.01. The van der Waals surface area contributed by atoms with Crippen molar-refractivity contribution < 1.29 is 24.6 Å². The second-order valence-electron chi connectivity index (χ2n) is 2.07. The van der Waals surface area contributed by atoms with Crippen molar-refractivity contribution in [3.05, 3.63) is 0 Å². The Hall–Kier alpha value is -1.43. The zero-order valence-corrected chi connectivity index (χ0v) is 7.19. The van der Waals surface area contributed by atoms with Crippen molar-refractivity contribution in [3.8, 4) is 0 Å². The monoisotopic (exact) mass is 189 g/mol. The molecule has 0 rings (SSSR count). The molecule has 1 atom stereocenters. The van der Waals surface area contributed by atoms with Crippen LogP contribution in [0.4, 0.5) is 0 Å². The number of carboxylic acids is 2. The molecular formula is C7H11NO5-2. The van der Waals surface area contributed by atoms with Crippen LogP contribution in [0.2, 0.25) is 0 Å². The fourth-order valence-electron chi connectivity index (χ4n) is 0.391. The number of aliphatic carboxylic acids is 2. The van der Waals surface area contributed by atoms with Crippen LogP contribution in [-0.4, -0.2) is 24.3 Å². The van der Waals surface area contributed by atoms with E-state index in [0.717, 1.165) is 6.29 Å². The van der Waals surface area contributed by atoms with Gasteiger partial charge in [0.1, 0.15) is 6.29 Å². The third kappa shape index (κ3) is 13.5. The summed E-state index contributed by atoms with van der Waals surface area (Å²) in [4.78, 5) is 28.4. The summed E-state index contributed by atoms with van der Waals surface area (Å²) < 4.78 is 0. The van der Waals surface area contributed by atoms with E-state index in [4.69, 9.17) is 10.5 Å². The maximum absolute atomic E-state index is 9.86. The zero-order chi connectivity index (χ0) is 10.9. The maximum atomic E-state index is 9.86. The molecule has 0 spiro atoms. The number of aldehydes is 1. The van der Waals surface area contributed by atoms with Gasteiger partial charge in [0.15, 0.2) is 0 Å². The molecule has 0 aromatic rings. The molecule has 0 amide bonds. The summed E-state index contributed by atoms with van der Waals surface area (Å²) in [7, 11) is 0. The second kappa shape index (κ2) is 8.66. The van der Waals surface area contributed by atoms with Crippen LogP contribution in [0, 0.1) is 0 Å². The topological polar surface area (TPSA) is 123 Å². The molecule has 2 N–H and O–H groups in total. The number of carbonyl (C=O) groups is 3. The van der Waals surface area contributed by atoms with Gasteiger partial charge in [-0.05, 0) is 19.8 Å². The van der Waals surface area contributed by atoms with Gasteiger partial charge in [-0.1, -0.05) is 0 Å². The standard InChI is InChI=1S/C5H9NO4.C2H4O/c6-3(5(9)10)1-2-4(7)8;1-2-3/h3H,1-2,6H2,(H,7,8)(H,9,10);2H,1H3/p-2. The minimum atomic E-state index is -1.44. The highest BCUT2D eigenvalue weighted by Gasteiger charge is 2.01. The van der Waals surface area contributed by atoms with Crippen molar-refractivity contribution in [1.82, 2.24) is 0 Å². The summed E-state index contributed by atoms with van der Waals surface area (Å²) >= 11 is 0. The van der Waals surface area contributed by atoms with Gasteiger partial charge in [0.25, 0.3) is 0 Å². The number of carbonyl (C=O) groups excluding carboxylic acids is 3. The lowest BCUT2D eigenvalue weighted by Gasteiger charge is -2.11. The lowest BCUT2D eigenvalue weighted by molar-refractivity contribution is -0.309. The molecule has 0 heterocycles. The van der Waals surface area contributed by atoms with E-state index in [1.165, 1.54) is 6.92 Å². The highest BCUT2D eigenvalue weighted by molar-refractivity contribution is 5.72. The smallest absolute Gasteiger partial charge is 0.116 e. The largest absolute Gasteiger partial charge is 0.550 e. The van der Waals surface area contributed by atoms with Gasteiger partial charge in [-0.25, -0.2) is 0 Å². The predicted octanol–water partition coefficient (Wildman–Crippen LogP) is -3.20. The molecule has 0 fully saturated rings. The third-order valence-electron chi connectivity index (χ3n) is 0.962. The molecule has 0 aliphatic rings. The summed E-state index contributed by atoms with van der Waals surface area (Å²) in [6.07, 6.45) is 0.250. The normalized spacial score (nSPS) is 10.6. The number of hydrogen-bond acceptors (Lipinski definition) is 6. The van der Waals surface area contributed by atoms with Crippen LogP contribution in [0.5, 0.6) is 0 Å². The molecule has 0 aliphatic heterocycles. The van der Waals surface area contributed by atoms with Crippen molar-refractivity contribution in [1.29, 1.82) is 0 Å². The molecule has 0 radical (unpaired) electrons. The zero-order valence-electron chi connectivity index (χ0n) is 7.19. The molecule has 0 aromatic heterocycles. The molecule has 0 saturated heterocycles. The van der Waals surface area contributed by atoms with E-state index >= 15 is 0 Å². The molecule has 1 unspecified atom stereocenters. The van der Waals surface area contributed by atoms with Crippen molar-refractivity contribution in [2.75, 3.05) is 0 Å². The Morgan fingerprint density at radius 3 is 2.08 bits per heavy atom. The minimum Gasteiger partial charge on any atom is -0.550 e. The predicted molar refractivity (Wildman–Crippen MR) is 39.0 cm³/mol. The van der Waals surface area contributed by atoms with E-state index in [1.807, 2.05) is 0 Å². The first-order valence-electron chi connectivity index (χ1n) is 3.51. The number of nitrogens with two attached hydrogens (primary N) is 1. The lowest BCUT2D eigenvalue weighted by atomic mass is 10.2. The van der Waals surface area contributed by atoms with Gasteiger partial charge in [0, 0.05) is 12.0 Å². The molecule has 6 nitrogen and oxygen atoms in total. The van der Waals surface area contributed by atoms with E-state index in [0.29, 0.717) is 0 Å². The maximum Gasteiger partial charge on any atom is 0.116 e. The van der Waals surface area contributed by atoms with Crippen LogP contribution < -0.4 is 15.9 Å². The van der Waals surface area contributed by atoms with Crippen molar-refractivity contribution in [2.24, 2.45) is 5.73 Å². The fraction of sp³-hybridized carbons (Fsp3) is 0.571. The summed E-state index contributed by atoms with van der Waals surface area (Å²) in [6.45, 7) is 1.44. The Kier molecular flexibility index (Phi) is 9.41. The highest BCUT2D eigenvalue weighted by atomic mass is 16.4. The van der Waals surface area contributed by atoms with Crippen LogP contribution in [0.25, 0.3) is 0 Å². The van der Waals surface area contributed by atoms with Crippen molar-refractivity contribution >= 4 is 18.2 Å². The summed E-state index contributed by atoms with van der Waals surface area (Å²) in [5, 5.41) is 19.6. The van der Waals surface area contributed by atoms with Crippen LogP contribution in [0.1, 0.15) is 19.8 Å². The number of rotatable bonds is 4. The number of carboxylic acid groups (broad SMARTS) is 2. The minimum absolute atomic E-state index is 0.148. The van der Waals surface area contributed by atoms with E-state index in [9.17, 15) is 19.8 Å². The first kappa shape index (κ1) is 14.1. The van der Waals surface area contributed by atoms with Crippen molar-refractivity contribution in [3.63, 3.8) is 0 Å². The molecule has 6 heteroatoms. The molecule has 0 saturated carbocycles. The molecule has 0 aliphatic carbocycles. The van der Waals surface area contributed by atoms with Gasteiger partial charge in [-0.3, -0.25) is 0 Å². The summed E-state index contributed by atoms with van der Waals surface area (Å²) in [6, 6.07) is -1.21. The first-order chi connectivity index (χ1) is 5.95. The Morgan fingerprint density at radius 1 is 1.46 bits per heavy atom. The fourth-order valence-corrected chi connectivity index (χ4v) is 0.391. The Balaban J connectivity index is 0. The van der Waals surface area contributed by atoms with E-state index < -0.39 is 18.0 Å². The van der Waals surface area contributed by atoms with Crippen LogP contribution in [0.3, 0.4) is 0 Å². The van der Waals surface area contributed by atoms with Crippen LogP contribution >= 0.6 is 0 Å². The molecule has 13 heavy (non-hydrogen) atoms.